The number of halogens is 1. The van der Waals surface area contributed by atoms with Gasteiger partial charge in [-0.15, -0.1) is 10.2 Å². The van der Waals surface area contributed by atoms with E-state index in [1.807, 2.05) is 44.5 Å². The zero-order chi connectivity index (χ0) is 18.8. The van der Waals surface area contributed by atoms with Crippen LogP contribution in [0.5, 0.6) is 5.75 Å². The zero-order valence-corrected chi connectivity index (χ0v) is 16.9. The van der Waals surface area contributed by atoms with Crippen LogP contribution in [0.25, 0.3) is 0 Å². The van der Waals surface area contributed by atoms with Gasteiger partial charge in [0.1, 0.15) is 5.75 Å². The van der Waals surface area contributed by atoms with E-state index >= 15 is 0 Å². The molecule has 1 aromatic carbocycles. The number of rotatable bonds is 7. The lowest BCUT2D eigenvalue weighted by Crippen LogP contribution is -2.27. The smallest absolute Gasteiger partial charge is 0.230 e. The number of aromatic nitrogens is 3. The van der Waals surface area contributed by atoms with Crippen LogP contribution >= 0.6 is 23.4 Å². The summed E-state index contributed by atoms with van der Waals surface area (Å²) in [6, 6.07) is 4.21. The Hall–Kier alpha value is -1.73. The molecule has 0 saturated heterocycles. The summed E-state index contributed by atoms with van der Waals surface area (Å²) in [4.78, 5) is 11.8. The molecule has 1 fully saturated rings. The number of hydrogen-bond donors (Lipinski definition) is 1. The monoisotopic (exact) mass is 394 g/mol. The van der Waals surface area contributed by atoms with Gasteiger partial charge in [0, 0.05) is 18.1 Å². The van der Waals surface area contributed by atoms with Gasteiger partial charge in [-0.25, -0.2) is 0 Å². The standard InChI is InChI=1S/C18H23ClN4O2S/c1-10-7-14(8-11(2)16(10)19)25-12(3)17-21-22-18(23(17)4)26-9-15(24)20-13-5-6-13/h7-8,12-13H,5-6,9H2,1-4H3,(H,20,24). The maximum atomic E-state index is 11.8. The zero-order valence-electron chi connectivity index (χ0n) is 15.4. The number of nitrogens with one attached hydrogen (secondary N) is 1. The van der Waals surface area contributed by atoms with E-state index in [-0.39, 0.29) is 12.0 Å². The number of ether oxygens (including phenoxy) is 1. The van der Waals surface area contributed by atoms with E-state index in [2.05, 4.69) is 15.5 Å². The number of carbonyl (C=O) groups is 1. The predicted octanol–water partition coefficient (Wildman–Crippen LogP) is 3.60. The summed E-state index contributed by atoms with van der Waals surface area (Å²) < 4.78 is 7.90. The summed E-state index contributed by atoms with van der Waals surface area (Å²) in [6.07, 6.45) is 1.90. The average molecular weight is 395 g/mol. The van der Waals surface area contributed by atoms with Crippen molar-refractivity contribution in [3.05, 3.63) is 34.1 Å². The number of aryl methyl sites for hydroxylation is 2. The summed E-state index contributed by atoms with van der Waals surface area (Å²) in [5.41, 5.74) is 1.95. The van der Waals surface area contributed by atoms with E-state index in [0.717, 1.165) is 34.7 Å². The molecule has 0 bridgehead atoms. The van der Waals surface area contributed by atoms with Crippen molar-refractivity contribution in [3.8, 4) is 5.75 Å². The molecule has 140 valence electrons. The van der Waals surface area contributed by atoms with Crippen molar-refractivity contribution in [2.45, 2.75) is 50.9 Å². The van der Waals surface area contributed by atoms with Crippen LogP contribution in [0.4, 0.5) is 0 Å². The molecule has 1 saturated carbocycles. The first-order valence-electron chi connectivity index (χ1n) is 8.60. The summed E-state index contributed by atoms with van der Waals surface area (Å²) >= 11 is 7.59. The first-order chi connectivity index (χ1) is 12.3. The molecular weight excluding hydrogens is 372 g/mol. The summed E-state index contributed by atoms with van der Waals surface area (Å²) in [7, 11) is 1.88. The lowest BCUT2D eigenvalue weighted by molar-refractivity contribution is -0.118. The van der Waals surface area contributed by atoms with E-state index in [1.54, 1.807) is 0 Å². The molecule has 1 unspecified atom stereocenters. The Morgan fingerprint density at radius 3 is 2.65 bits per heavy atom. The van der Waals surface area contributed by atoms with Gasteiger partial charge in [0.25, 0.3) is 0 Å². The van der Waals surface area contributed by atoms with Crippen LogP contribution in [0, 0.1) is 13.8 Å². The van der Waals surface area contributed by atoms with Crippen LogP contribution in [0.1, 0.15) is 42.8 Å². The third-order valence-corrected chi connectivity index (χ3v) is 5.85. The molecule has 1 N–H and O–H groups in total. The Morgan fingerprint density at radius 2 is 2.04 bits per heavy atom. The molecule has 1 atom stereocenters. The highest BCUT2D eigenvalue weighted by atomic mass is 35.5. The minimum atomic E-state index is -0.276. The predicted molar refractivity (Wildman–Crippen MR) is 103 cm³/mol. The highest BCUT2D eigenvalue weighted by molar-refractivity contribution is 7.99. The molecule has 0 radical (unpaired) electrons. The Kier molecular flexibility index (Phi) is 5.77. The number of hydrogen-bond acceptors (Lipinski definition) is 5. The third-order valence-electron chi connectivity index (χ3n) is 4.23. The lowest BCUT2D eigenvalue weighted by atomic mass is 10.1. The Balaban J connectivity index is 1.63. The fraction of sp³-hybridized carbons (Fsp3) is 0.500. The Labute approximate surface area is 162 Å². The van der Waals surface area contributed by atoms with Crippen molar-refractivity contribution in [1.29, 1.82) is 0 Å². The second kappa shape index (κ2) is 7.88. The lowest BCUT2D eigenvalue weighted by Gasteiger charge is -2.16. The number of carbonyl (C=O) groups excluding carboxylic acids is 1. The second-order valence-electron chi connectivity index (χ2n) is 6.66. The quantitative estimate of drug-likeness (QED) is 0.726. The SMILES string of the molecule is Cc1cc(OC(C)c2nnc(SCC(=O)NC3CC3)n2C)cc(C)c1Cl. The van der Waals surface area contributed by atoms with Crippen molar-refractivity contribution in [3.63, 3.8) is 0 Å². The highest BCUT2D eigenvalue weighted by Gasteiger charge is 2.24. The van der Waals surface area contributed by atoms with Crippen molar-refractivity contribution < 1.29 is 9.53 Å². The fourth-order valence-corrected chi connectivity index (χ4v) is 3.50. The Bertz CT molecular complexity index is 797. The van der Waals surface area contributed by atoms with Crippen molar-refractivity contribution in [1.82, 2.24) is 20.1 Å². The van der Waals surface area contributed by atoms with Crippen LogP contribution < -0.4 is 10.1 Å². The first-order valence-corrected chi connectivity index (χ1v) is 9.96. The van der Waals surface area contributed by atoms with Gasteiger partial charge < -0.3 is 14.6 Å². The van der Waals surface area contributed by atoms with Gasteiger partial charge in [0.2, 0.25) is 5.91 Å². The van der Waals surface area contributed by atoms with Gasteiger partial charge in [-0.3, -0.25) is 4.79 Å². The molecule has 1 aliphatic carbocycles. The van der Waals surface area contributed by atoms with E-state index in [4.69, 9.17) is 16.3 Å². The Morgan fingerprint density at radius 1 is 1.38 bits per heavy atom. The molecule has 1 aliphatic rings. The summed E-state index contributed by atoms with van der Waals surface area (Å²) in [5, 5.41) is 12.8. The molecule has 8 heteroatoms. The van der Waals surface area contributed by atoms with Gasteiger partial charge in [0.05, 0.1) is 5.75 Å². The minimum Gasteiger partial charge on any atom is -0.483 e. The summed E-state index contributed by atoms with van der Waals surface area (Å²) in [5.74, 6) is 1.84. The molecule has 0 spiro atoms. The number of nitrogens with zero attached hydrogens (tertiary/aromatic N) is 3. The maximum absolute atomic E-state index is 11.8. The van der Waals surface area contributed by atoms with E-state index < -0.39 is 0 Å². The fourth-order valence-electron chi connectivity index (χ4n) is 2.66. The first kappa shape index (κ1) is 19.0. The molecule has 1 heterocycles. The number of amides is 1. The molecule has 1 aromatic heterocycles. The van der Waals surface area contributed by atoms with Crippen molar-refractivity contribution in [2.24, 2.45) is 7.05 Å². The average Bonchev–Trinajstić information content (AvgIpc) is 3.31. The van der Waals surface area contributed by atoms with Crippen molar-refractivity contribution >= 4 is 29.3 Å². The molecule has 3 rings (SSSR count). The van der Waals surface area contributed by atoms with E-state index in [9.17, 15) is 4.79 Å². The van der Waals surface area contributed by atoms with Gasteiger partial charge >= 0.3 is 0 Å². The largest absolute Gasteiger partial charge is 0.483 e. The van der Waals surface area contributed by atoms with Crippen LogP contribution in [-0.2, 0) is 11.8 Å². The van der Waals surface area contributed by atoms with E-state index in [1.165, 1.54) is 11.8 Å². The van der Waals surface area contributed by atoms with Crippen LogP contribution in [0.2, 0.25) is 5.02 Å². The molecule has 2 aromatic rings. The van der Waals surface area contributed by atoms with E-state index in [0.29, 0.717) is 22.8 Å². The summed E-state index contributed by atoms with van der Waals surface area (Å²) in [6.45, 7) is 5.84. The van der Waals surface area contributed by atoms with Crippen LogP contribution in [0.15, 0.2) is 17.3 Å². The van der Waals surface area contributed by atoms with Crippen molar-refractivity contribution in [2.75, 3.05) is 5.75 Å². The van der Waals surface area contributed by atoms with Gasteiger partial charge in [-0.2, -0.15) is 0 Å². The highest BCUT2D eigenvalue weighted by Crippen LogP contribution is 2.29. The molecule has 1 amide bonds. The van der Waals surface area contributed by atoms with Crippen LogP contribution in [-0.4, -0.2) is 32.5 Å². The maximum Gasteiger partial charge on any atom is 0.230 e. The molecule has 0 aliphatic heterocycles. The molecule has 26 heavy (non-hydrogen) atoms. The minimum absolute atomic E-state index is 0.0402. The normalized spacial score (nSPS) is 15.0. The van der Waals surface area contributed by atoms with Gasteiger partial charge in [0.15, 0.2) is 17.1 Å². The second-order valence-corrected chi connectivity index (χ2v) is 7.98. The molecule has 6 nitrogen and oxygen atoms in total. The number of thioether (sulfide) groups is 1. The van der Waals surface area contributed by atoms with Gasteiger partial charge in [-0.1, -0.05) is 23.4 Å². The molecular formula is C18H23ClN4O2S. The van der Waals surface area contributed by atoms with Crippen LogP contribution in [0.3, 0.4) is 0 Å². The third kappa shape index (κ3) is 4.51. The topological polar surface area (TPSA) is 69.0 Å². The van der Waals surface area contributed by atoms with Gasteiger partial charge in [-0.05, 0) is 56.9 Å². The number of benzene rings is 1.